The topological polar surface area (TPSA) is 139 Å². The Balaban J connectivity index is 0.000000130. The molecule has 0 spiro atoms. The second-order valence-electron chi connectivity index (χ2n) is 14.2. The summed E-state index contributed by atoms with van der Waals surface area (Å²) in [5.41, 5.74) is 6.51. The fraction of sp³-hybridized carbons (Fsp3) is 0.342. The van der Waals surface area contributed by atoms with E-state index in [9.17, 15) is 19.0 Å². The predicted octanol–water partition coefficient (Wildman–Crippen LogP) is 5.57. The fourth-order valence-corrected chi connectivity index (χ4v) is 6.99. The normalized spacial score (nSPS) is 21.6. The number of aromatic nitrogens is 6. The lowest BCUT2D eigenvalue weighted by molar-refractivity contribution is 0.00915. The predicted molar refractivity (Wildman–Crippen MR) is 201 cm³/mol. The smallest absolute Gasteiger partial charge is 0.395 e. The second-order valence-corrected chi connectivity index (χ2v) is 15.0. The van der Waals surface area contributed by atoms with Crippen LogP contribution >= 0.6 is 15.9 Å². The zero-order valence-corrected chi connectivity index (χ0v) is 32.0. The van der Waals surface area contributed by atoms with Crippen LogP contribution in [0.1, 0.15) is 55.2 Å². The summed E-state index contributed by atoms with van der Waals surface area (Å²) >= 11 is 3.36. The Labute approximate surface area is 319 Å². The average Bonchev–Trinajstić information content (AvgIpc) is 3.68. The maximum Gasteiger partial charge on any atom is 0.498 e. The van der Waals surface area contributed by atoms with E-state index in [1.807, 2.05) is 39.0 Å². The van der Waals surface area contributed by atoms with Crippen LogP contribution in [0.2, 0.25) is 0 Å². The summed E-state index contributed by atoms with van der Waals surface area (Å²) in [6.45, 7) is 11.5. The Morgan fingerprint density at radius 2 is 1.35 bits per heavy atom. The SMILES string of the molecule is Cn1nc(F)c2ccc(-c3cncc4c3COCC4O)cc21.OC1COCc2c(Br)cncc21.[CH2+]C1(C)OB(c2ccc3c(F)nn(C)c3c2)OC1(C)C. The molecule has 7 heterocycles. The van der Waals surface area contributed by atoms with Crippen LogP contribution in [0.15, 0.2) is 65.7 Å². The number of benzene rings is 2. The Hall–Kier alpha value is -4.29. The largest absolute Gasteiger partial charge is 0.498 e. The standard InChI is InChI=1S/C16H14FN3O2.C14H17BFN2O2.C8H8BrNO2/c1-20-14-4-9(2-3-10(14)16(17)19-20)11-5-18-6-12-13(11)7-22-8-15(12)21;1-13(2)14(3,4)20-15(19-13)9-6-7-10-11(8-9)18(5)17-12(10)16;9-7-2-10-1-5-6(7)3-12-4-8(5)11/h2-6,15,21H,7-8H2,1H3;6-8H,1H2,2-5H3;1-2,8,11H,3-4H2/q;+1;. The van der Waals surface area contributed by atoms with Gasteiger partial charge in [-0.3, -0.25) is 19.3 Å². The highest BCUT2D eigenvalue weighted by Crippen LogP contribution is 2.37. The highest BCUT2D eigenvalue weighted by Gasteiger charge is 2.57. The van der Waals surface area contributed by atoms with E-state index in [-0.39, 0.29) is 6.61 Å². The molecular weight excluding hydrogens is 765 g/mol. The number of aliphatic hydroxyl groups is 2. The molecule has 0 saturated carbocycles. The molecule has 12 nitrogen and oxygen atoms in total. The monoisotopic (exact) mass is 803 g/mol. The molecule has 0 aliphatic carbocycles. The van der Waals surface area contributed by atoms with Crippen molar-refractivity contribution in [3.63, 3.8) is 0 Å². The van der Waals surface area contributed by atoms with Gasteiger partial charge in [0.05, 0.1) is 55.2 Å². The molecule has 1 saturated heterocycles. The number of aryl methyl sites for hydroxylation is 2. The number of ether oxygens (including phenoxy) is 2. The molecule has 3 atom stereocenters. The van der Waals surface area contributed by atoms with Crippen LogP contribution in [0.5, 0.6) is 0 Å². The first-order valence-corrected chi connectivity index (χ1v) is 18.0. The molecular formula is C38H39BBrF2N6O6+. The number of pyridine rings is 2. The Morgan fingerprint density at radius 3 is 1.94 bits per heavy atom. The van der Waals surface area contributed by atoms with Gasteiger partial charge in [-0.15, -0.1) is 10.2 Å². The lowest BCUT2D eigenvalue weighted by atomic mass is 9.79. The van der Waals surface area contributed by atoms with Crippen molar-refractivity contribution < 1.29 is 37.8 Å². The Kier molecular flexibility index (Phi) is 10.4. The van der Waals surface area contributed by atoms with Crippen molar-refractivity contribution >= 4 is 50.3 Å². The summed E-state index contributed by atoms with van der Waals surface area (Å²) in [5, 5.41) is 28.1. The van der Waals surface area contributed by atoms with Gasteiger partial charge in [0.25, 0.3) is 0 Å². The van der Waals surface area contributed by atoms with E-state index in [0.29, 0.717) is 41.6 Å². The van der Waals surface area contributed by atoms with E-state index in [0.717, 1.165) is 43.3 Å². The Morgan fingerprint density at radius 1 is 0.796 bits per heavy atom. The van der Waals surface area contributed by atoms with Crippen molar-refractivity contribution in [1.82, 2.24) is 29.5 Å². The molecule has 2 N–H and O–H groups in total. The third-order valence-corrected chi connectivity index (χ3v) is 10.8. The van der Waals surface area contributed by atoms with Crippen LogP contribution in [0.25, 0.3) is 32.9 Å². The maximum atomic E-state index is 13.7. The van der Waals surface area contributed by atoms with Crippen molar-refractivity contribution in [2.24, 2.45) is 14.1 Å². The zero-order chi connectivity index (χ0) is 38.5. The molecule has 3 unspecified atom stereocenters. The van der Waals surface area contributed by atoms with Gasteiger partial charge >= 0.3 is 7.12 Å². The highest BCUT2D eigenvalue weighted by atomic mass is 79.9. The van der Waals surface area contributed by atoms with Crippen LogP contribution in [-0.4, -0.2) is 71.3 Å². The zero-order valence-electron chi connectivity index (χ0n) is 30.4. The minimum Gasteiger partial charge on any atom is -0.395 e. The lowest BCUT2D eigenvalue weighted by Crippen LogP contribution is -2.42. The molecule has 280 valence electrons. The van der Waals surface area contributed by atoms with Gasteiger partial charge in [-0.2, -0.15) is 8.78 Å². The number of nitrogens with zero attached hydrogens (tertiary/aromatic N) is 6. The molecule has 1 fully saturated rings. The van der Waals surface area contributed by atoms with Crippen molar-refractivity contribution in [2.75, 3.05) is 13.2 Å². The number of rotatable bonds is 2. The van der Waals surface area contributed by atoms with Crippen LogP contribution in [0, 0.1) is 18.8 Å². The number of halogens is 3. The molecule has 3 aliphatic heterocycles. The van der Waals surface area contributed by atoms with E-state index >= 15 is 0 Å². The second kappa shape index (κ2) is 14.7. The van der Waals surface area contributed by atoms with Gasteiger partial charge in [0.2, 0.25) is 17.5 Å². The summed E-state index contributed by atoms with van der Waals surface area (Å²) in [6.07, 6.45) is 5.63. The molecule has 2 aromatic carbocycles. The molecule has 6 aromatic rings. The van der Waals surface area contributed by atoms with Crippen LogP contribution < -0.4 is 5.46 Å². The first-order valence-electron chi connectivity index (χ1n) is 17.2. The molecule has 16 heteroatoms. The minimum absolute atomic E-state index is 0.282. The van der Waals surface area contributed by atoms with Crippen LogP contribution in [0.3, 0.4) is 0 Å². The average molecular weight is 804 g/mol. The van der Waals surface area contributed by atoms with Crippen molar-refractivity contribution in [1.29, 1.82) is 0 Å². The van der Waals surface area contributed by atoms with E-state index in [1.54, 1.807) is 57.1 Å². The highest BCUT2D eigenvalue weighted by molar-refractivity contribution is 9.10. The third-order valence-electron chi connectivity index (χ3n) is 10.2. The van der Waals surface area contributed by atoms with E-state index in [4.69, 9.17) is 18.8 Å². The van der Waals surface area contributed by atoms with Crippen molar-refractivity contribution in [3.05, 3.63) is 107 Å². The van der Waals surface area contributed by atoms with Crippen LogP contribution in [0.4, 0.5) is 8.78 Å². The number of aliphatic hydroxyl groups excluding tert-OH is 2. The van der Waals surface area contributed by atoms with E-state index < -0.39 is 42.4 Å². The molecule has 0 radical (unpaired) electrons. The van der Waals surface area contributed by atoms with E-state index in [2.05, 4.69) is 43.0 Å². The summed E-state index contributed by atoms with van der Waals surface area (Å²) in [4.78, 5) is 8.21. The number of hydrogen-bond donors (Lipinski definition) is 2. The number of fused-ring (bicyclic) bond motifs is 4. The lowest BCUT2D eigenvalue weighted by Gasteiger charge is -2.25. The molecule has 4 aromatic heterocycles. The maximum absolute atomic E-state index is 13.7. The molecule has 9 rings (SSSR count). The van der Waals surface area contributed by atoms with E-state index in [1.165, 1.54) is 9.36 Å². The Bertz CT molecular complexity index is 2340. The summed E-state index contributed by atoms with van der Waals surface area (Å²) < 4.78 is 53.6. The molecule has 3 aliphatic rings. The van der Waals surface area contributed by atoms with Gasteiger partial charge in [-0.1, -0.05) is 12.1 Å². The molecule has 54 heavy (non-hydrogen) atoms. The quantitative estimate of drug-likeness (QED) is 0.169. The van der Waals surface area contributed by atoms with Gasteiger partial charge in [-0.05, 0) is 70.6 Å². The fourth-order valence-electron chi connectivity index (χ4n) is 6.53. The van der Waals surface area contributed by atoms with Gasteiger partial charge in [-0.25, -0.2) is 0 Å². The minimum atomic E-state index is -0.658. The van der Waals surface area contributed by atoms with Crippen molar-refractivity contribution in [3.8, 4) is 11.1 Å². The first-order chi connectivity index (χ1) is 25.6. The third kappa shape index (κ3) is 7.15. The van der Waals surface area contributed by atoms with Crippen molar-refractivity contribution in [2.45, 2.75) is 57.4 Å². The molecule has 0 bridgehead atoms. The first kappa shape index (κ1) is 38.0. The van der Waals surface area contributed by atoms with Gasteiger partial charge < -0.3 is 29.0 Å². The summed E-state index contributed by atoms with van der Waals surface area (Å²) in [6, 6.07) is 10.8. The molecule has 0 amide bonds. The van der Waals surface area contributed by atoms with Gasteiger partial charge in [0.1, 0.15) is 17.8 Å². The summed E-state index contributed by atoms with van der Waals surface area (Å²) in [5.74, 6) is -0.944. The van der Waals surface area contributed by atoms with Crippen LogP contribution in [-0.2, 0) is 46.1 Å². The van der Waals surface area contributed by atoms with Gasteiger partial charge in [0.15, 0.2) is 0 Å². The summed E-state index contributed by atoms with van der Waals surface area (Å²) in [7, 11) is 2.91. The number of hydrogen-bond acceptors (Lipinski definition) is 10. The van der Waals surface area contributed by atoms with Gasteiger partial charge in [0, 0.05) is 72.5 Å².